The Bertz CT molecular complexity index is 775. The number of para-hydroxylation sites is 1. The van der Waals surface area contributed by atoms with Gasteiger partial charge in [0.15, 0.2) is 0 Å². The van der Waals surface area contributed by atoms with Crippen LogP contribution < -0.4 is 0 Å². The second kappa shape index (κ2) is 8.22. The Morgan fingerprint density at radius 2 is 2.12 bits per heavy atom. The number of thiophene rings is 1. The van der Waals surface area contributed by atoms with Crippen molar-refractivity contribution in [2.45, 2.75) is 25.8 Å². The molecular formula is C19H20N2OS2. The molecule has 0 aliphatic heterocycles. The minimum Gasteiger partial charge on any atom is -0.334 e. The molecule has 3 rings (SSSR count). The van der Waals surface area contributed by atoms with E-state index >= 15 is 0 Å². The molecule has 3 aromatic rings. The van der Waals surface area contributed by atoms with Crippen LogP contribution in [0, 0.1) is 0 Å². The lowest BCUT2D eigenvalue weighted by atomic mass is 10.2. The Morgan fingerprint density at radius 1 is 1.25 bits per heavy atom. The van der Waals surface area contributed by atoms with Crippen molar-refractivity contribution in [2.75, 3.05) is 6.54 Å². The van der Waals surface area contributed by atoms with Crippen LogP contribution in [0.15, 0.2) is 54.4 Å². The highest BCUT2D eigenvalue weighted by atomic mass is 32.1. The van der Waals surface area contributed by atoms with Gasteiger partial charge >= 0.3 is 0 Å². The number of carbonyl (C=O) groups is 1. The van der Waals surface area contributed by atoms with Crippen LogP contribution in [-0.2, 0) is 17.8 Å². The van der Waals surface area contributed by atoms with Gasteiger partial charge in [0.25, 0.3) is 0 Å². The molecule has 1 amide bonds. The van der Waals surface area contributed by atoms with Crippen LogP contribution in [0.3, 0.4) is 0 Å². The van der Waals surface area contributed by atoms with E-state index < -0.39 is 0 Å². The fourth-order valence-electron chi connectivity index (χ4n) is 2.58. The summed E-state index contributed by atoms with van der Waals surface area (Å²) in [7, 11) is 0. The molecule has 0 fully saturated rings. The Morgan fingerprint density at radius 3 is 2.88 bits per heavy atom. The van der Waals surface area contributed by atoms with Crippen molar-refractivity contribution in [3.8, 4) is 0 Å². The SMILES string of the molecule is C=CCN(Cc1cccs1)C(=O)CCCc1nc2ccccc2s1. The molecule has 0 aliphatic carbocycles. The summed E-state index contributed by atoms with van der Waals surface area (Å²) >= 11 is 3.40. The molecule has 0 aliphatic rings. The molecule has 0 radical (unpaired) electrons. The molecular weight excluding hydrogens is 336 g/mol. The van der Waals surface area contributed by atoms with Crippen molar-refractivity contribution < 1.29 is 4.79 Å². The first-order valence-corrected chi connectivity index (χ1v) is 9.71. The lowest BCUT2D eigenvalue weighted by Gasteiger charge is -2.20. The van der Waals surface area contributed by atoms with Crippen molar-refractivity contribution in [3.63, 3.8) is 0 Å². The fourth-order valence-corrected chi connectivity index (χ4v) is 4.31. The van der Waals surface area contributed by atoms with Crippen molar-refractivity contribution >= 4 is 38.8 Å². The van der Waals surface area contributed by atoms with Crippen molar-refractivity contribution in [2.24, 2.45) is 0 Å². The van der Waals surface area contributed by atoms with Gasteiger partial charge in [0.2, 0.25) is 5.91 Å². The Hall–Kier alpha value is -1.98. The predicted molar refractivity (Wildman–Crippen MR) is 102 cm³/mol. The molecule has 24 heavy (non-hydrogen) atoms. The molecule has 0 saturated heterocycles. The average Bonchev–Trinajstić information content (AvgIpc) is 3.23. The van der Waals surface area contributed by atoms with Gasteiger partial charge in [0, 0.05) is 17.8 Å². The first-order chi connectivity index (χ1) is 11.8. The van der Waals surface area contributed by atoms with Crippen molar-refractivity contribution in [1.29, 1.82) is 0 Å². The number of amides is 1. The van der Waals surface area contributed by atoms with E-state index in [1.54, 1.807) is 28.7 Å². The van der Waals surface area contributed by atoms with Crippen LogP contribution in [-0.4, -0.2) is 22.3 Å². The fraction of sp³-hybridized carbons (Fsp3) is 0.263. The summed E-state index contributed by atoms with van der Waals surface area (Å²) in [5.41, 5.74) is 1.05. The average molecular weight is 357 g/mol. The number of thiazole rings is 1. The lowest BCUT2D eigenvalue weighted by molar-refractivity contribution is -0.131. The van der Waals surface area contributed by atoms with E-state index in [4.69, 9.17) is 0 Å². The summed E-state index contributed by atoms with van der Waals surface area (Å²) in [5.74, 6) is 0.185. The molecule has 0 atom stereocenters. The minimum atomic E-state index is 0.185. The second-order valence-corrected chi connectivity index (χ2v) is 7.72. The molecule has 3 nitrogen and oxygen atoms in total. The molecule has 124 valence electrons. The number of benzene rings is 1. The van der Waals surface area contributed by atoms with E-state index in [-0.39, 0.29) is 5.91 Å². The molecule has 0 bridgehead atoms. The monoisotopic (exact) mass is 356 g/mol. The first kappa shape index (κ1) is 16.9. The number of nitrogens with zero attached hydrogens (tertiary/aromatic N) is 2. The summed E-state index contributed by atoms with van der Waals surface area (Å²) in [6.45, 7) is 5.03. The number of carbonyl (C=O) groups excluding carboxylic acids is 1. The number of hydrogen-bond donors (Lipinski definition) is 0. The van der Waals surface area contributed by atoms with Gasteiger partial charge in [-0.25, -0.2) is 4.98 Å². The van der Waals surface area contributed by atoms with Gasteiger partial charge in [-0.1, -0.05) is 24.3 Å². The van der Waals surface area contributed by atoms with Crippen LogP contribution in [0.5, 0.6) is 0 Å². The Kier molecular flexibility index (Phi) is 5.77. The molecule has 2 aromatic heterocycles. The summed E-state index contributed by atoms with van der Waals surface area (Å²) < 4.78 is 1.21. The molecule has 1 aromatic carbocycles. The van der Waals surface area contributed by atoms with Crippen LogP contribution in [0.2, 0.25) is 0 Å². The third-order valence-corrected chi connectivity index (χ3v) is 5.71. The maximum Gasteiger partial charge on any atom is 0.223 e. The van der Waals surface area contributed by atoms with Crippen LogP contribution in [0.4, 0.5) is 0 Å². The van der Waals surface area contributed by atoms with Crippen LogP contribution in [0.25, 0.3) is 10.2 Å². The van der Waals surface area contributed by atoms with Gasteiger partial charge in [0.1, 0.15) is 0 Å². The Labute approximate surface area is 150 Å². The van der Waals surface area contributed by atoms with Gasteiger partial charge in [-0.3, -0.25) is 4.79 Å². The molecule has 2 heterocycles. The van der Waals surface area contributed by atoms with E-state index in [1.807, 2.05) is 34.5 Å². The summed E-state index contributed by atoms with van der Waals surface area (Å²) in [6, 6.07) is 12.2. The highest BCUT2D eigenvalue weighted by Gasteiger charge is 2.13. The minimum absolute atomic E-state index is 0.185. The number of aromatic nitrogens is 1. The molecule has 0 saturated carbocycles. The smallest absolute Gasteiger partial charge is 0.223 e. The number of rotatable bonds is 8. The van der Waals surface area contributed by atoms with E-state index in [1.165, 1.54) is 9.58 Å². The van der Waals surface area contributed by atoms with Crippen molar-refractivity contribution in [1.82, 2.24) is 9.88 Å². The summed E-state index contributed by atoms with van der Waals surface area (Å²) in [5, 5.41) is 3.15. The van der Waals surface area contributed by atoms with E-state index in [9.17, 15) is 4.79 Å². The number of hydrogen-bond acceptors (Lipinski definition) is 4. The van der Waals surface area contributed by atoms with E-state index in [0.29, 0.717) is 19.5 Å². The maximum absolute atomic E-state index is 12.5. The normalized spacial score (nSPS) is 10.8. The van der Waals surface area contributed by atoms with Gasteiger partial charge in [-0.15, -0.1) is 29.3 Å². The third-order valence-electron chi connectivity index (χ3n) is 3.75. The van der Waals surface area contributed by atoms with Gasteiger partial charge in [-0.05, 0) is 36.4 Å². The zero-order valence-electron chi connectivity index (χ0n) is 13.5. The van der Waals surface area contributed by atoms with E-state index in [0.717, 1.165) is 23.4 Å². The molecule has 0 spiro atoms. The highest BCUT2D eigenvalue weighted by Crippen LogP contribution is 2.23. The van der Waals surface area contributed by atoms with Crippen LogP contribution >= 0.6 is 22.7 Å². The van der Waals surface area contributed by atoms with Gasteiger partial charge in [0.05, 0.1) is 21.8 Å². The summed E-state index contributed by atoms with van der Waals surface area (Å²) in [4.78, 5) is 20.2. The van der Waals surface area contributed by atoms with Gasteiger partial charge < -0.3 is 4.90 Å². The second-order valence-electron chi connectivity index (χ2n) is 5.57. The van der Waals surface area contributed by atoms with Gasteiger partial charge in [-0.2, -0.15) is 0 Å². The Balaban J connectivity index is 1.53. The van der Waals surface area contributed by atoms with Crippen molar-refractivity contribution in [3.05, 3.63) is 64.3 Å². The predicted octanol–water partition coefficient (Wildman–Crippen LogP) is 4.90. The molecule has 5 heteroatoms. The lowest BCUT2D eigenvalue weighted by Crippen LogP contribution is -2.30. The number of aryl methyl sites for hydroxylation is 1. The summed E-state index contributed by atoms with van der Waals surface area (Å²) in [6.07, 6.45) is 4.02. The van der Waals surface area contributed by atoms with E-state index in [2.05, 4.69) is 23.7 Å². The number of fused-ring (bicyclic) bond motifs is 1. The first-order valence-electron chi connectivity index (χ1n) is 8.02. The zero-order valence-corrected chi connectivity index (χ0v) is 15.1. The molecule has 0 unspecified atom stereocenters. The van der Waals surface area contributed by atoms with Crippen LogP contribution in [0.1, 0.15) is 22.7 Å². The molecule has 0 N–H and O–H groups in total. The topological polar surface area (TPSA) is 33.2 Å². The maximum atomic E-state index is 12.5. The largest absolute Gasteiger partial charge is 0.334 e. The standard InChI is InChI=1S/C19H20N2OS2/c1-2-12-21(14-15-7-6-13-23-15)19(22)11-5-10-18-20-16-8-3-4-9-17(16)24-18/h2-4,6-9,13H,1,5,10-12,14H2. The third kappa shape index (κ3) is 4.30. The highest BCUT2D eigenvalue weighted by molar-refractivity contribution is 7.18. The zero-order chi connectivity index (χ0) is 16.8. The quantitative estimate of drug-likeness (QED) is 0.538.